The molecule has 4 aromatic rings. The number of fused-ring (bicyclic) bond motifs is 1. The fourth-order valence-corrected chi connectivity index (χ4v) is 4.62. The predicted octanol–water partition coefficient (Wildman–Crippen LogP) is 3.12. The second-order valence-electron chi connectivity index (χ2n) is 8.29. The Bertz CT molecular complexity index is 1330. The van der Waals surface area contributed by atoms with Gasteiger partial charge in [0.15, 0.2) is 0 Å². The van der Waals surface area contributed by atoms with Crippen molar-refractivity contribution in [1.82, 2.24) is 34.7 Å². The summed E-state index contributed by atoms with van der Waals surface area (Å²) < 4.78 is 18.4. The summed E-state index contributed by atoms with van der Waals surface area (Å²) in [4.78, 5) is 11.5. The summed E-state index contributed by atoms with van der Waals surface area (Å²) in [6.07, 6.45) is 10.6. The van der Waals surface area contributed by atoms with Gasteiger partial charge in [-0.2, -0.15) is 15.3 Å². The largest absolute Gasteiger partial charge is 0.358 e. The van der Waals surface area contributed by atoms with Crippen LogP contribution in [0, 0.1) is 5.82 Å². The second kappa shape index (κ2) is 7.40. The molecular weight excluding hydrogens is 409 g/mol. The van der Waals surface area contributed by atoms with Gasteiger partial charge < -0.3 is 4.90 Å². The Hall–Kier alpha value is -3.82. The monoisotopic (exact) mass is 431 g/mol. The molecule has 6 rings (SSSR count). The molecule has 2 atom stereocenters. The molecule has 10 heteroatoms. The smallest absolute Gasteiger partial charge is 0.133 e. The van der Waals surface area contributed by atoms with Crippen molar-refractivity contribution in [3.63, 3.8) is 0 Å². The number of benzene rings is 1. The van der Waals surface area contributed by atoms with Gasteiger partial charge in [-0.3, -0.25) is 19.5 Å². The van der Waals surface area contributed by atoms with E-state index >= 15 is 0 Å². The average Bonchev–Trinajstić information content (AvgIpc) is 3.59. The number of H-pyrrole nitrogens is 1. The van der Waals surface area contributed by atoms with Crippen LogP contribution in [-0.2, 0) is 7.05 Å². The minimum atomic E-state index is -0.320. The zero-order chi connectivity index (χ0) is 21.7. The molecular formula is C22H22FN9. The Morgan fingerprint density at radius 3 is 2.97 bits per heavy atom. The van der Waals surface area contributed by atoms with Crippen LogP contribution in [0.1, 0.15) is 30.6 Å². The molecule has 5 heterocycles. The molecule has 2 aliphatic rings. The third-order valence-electron chi connectivity index (χ3n) is 6.28. The zero-order valence-corrected chi connectivity index (χ0v) is 17.6. The summed E-state index contributed by atoms with van der Waals surface area (Å²) in [7, 11) is 1.82. The van der Waals surface area contributed by atoms with E-state index in [1.54, 1.807) is 23.4 Å². The van der Waals surface area contributed by atoms with E-state index in [-0.39, 0.29) is 11.9 Å². The van der Waals surface area contributed by atoms with Crippen LogP contribution in [0.25, 0.3) is 22.0 Å². The Morgan fingerprint density at radius 2 is 2.16 bits per heavy atom. The van der Waals surface area contributed by atoms with E-state index in [0.717, 1.165) is 42.0 Å². The lowest BCUT2D eigenvalue weighted by Gasteiger charge is -2.25. The van der Waals surface area contributed by atoms with Crippen LogP contribution < -0.4 is 0 Å². The first-order chi connectivity index (χ1) is 15.7. The molecule has 1 N–H and O–H groups in total. The number of halogens is 1. The molecule has 162 valence electrons. The quantitative estimate of drug-likeness (QED) is 0.540. The summed E-state index contributed by atoms with van der Waals surface area (Å²) in [5.41, 5.74) is 2.69. The lowest BCUT2D eigenvalue weighted by atomic mass is 10.0. The average molecular weight is 431 g/mol. The first-order valence-electron chi connectivity index (χ1n) is 10.6. The number of aromatic nitrogens is 6. The van der Waals surface area contributed by atoms with Crippen LogP contribution in [0.2, 0.25) is 0 Å². The highest BCUT2D eigenvalue weighted by Gasteiger charge is 2.30. The number of aromatic amines is 1. The molecule has 0 spiro atoms. The van der Waals surface area contributed by atoms with Crippen molar-refractivity contribution < 1.29 is 4.39 Å². The summed E-state index contributed by atoms with van der Waals surface area (Å²) in [6, 6.07) is 5.46. The van der Waals surface area contributed by atoms with Gasteiger partial charge in [0.1, 0.15) is 24.0 Å². The number of nitrogens with zero attached hydrogens (tertiary/aromatic N) is 8. The number of aliphatic imine (C=N–C) groups is 2. The molecule has 2 unspecified atom stereocenters. The molecule has 0 saturated carbocycles. The van der Waals surface area contributed by atoms with Crippen molar-refractivity contribution >= 4 is 23.1 Å². The lowest BCUT2D eigenvalue weighted by molar-refractivity contribution is 0.434. The Morgan fingerprint density at radius 1 is 1.22 bits per heavy atom. The molecule has 2 aliphatic heterocycles. The van der Waals surface area contributed by atoms with Crippen LogP contribution in [0.3, 0.4) is 0 Å². The highest BCUT2D eigenvalue weighted by Crippen LogP contribution is 2.34. The Kier molecular flexibility index (Phi) is 4.37. The minimum absolute atomic E-state index is 0.150. The molecule has 0 amide bonds. The molecule has 1 fully saturated rings. The minimum Gasteiger partial charge on any atom is -0.358 e. The maximum Gasteiger partial charge on any atom is 0.133 e. The summed E-state index contributed by atoms with van der Waals surface area (Å²) in [5.74, 6) is 0.691. The van der Waals surface area contributed by atoms with Crippen molar-refractivity contribution in [3.05, 3.63) is 54.5 Å². The molecule has 9 nitrogen and oxygen atoms in total. The van der Waals surface area contributed by atoms with Crippen molar-refractivity contribution in [1.29, 1.82) is 0 Å². The number of aryl methyl sites for hydroxylation is 1. The summed E-state index contributed by atoms with van der Waals surface area (Å²) >= 11 is 0. The van der Waals surface area contributed by atoms with Crippen molar-refractivity contribution in [2.75, 3.05) is 13.1 Å². The zero-order valence-electron chi connectivity index (χ0n) is 17.6. The first-order valence-corrected chi connectivity index (χ1v) is 10.6. The first kappa shape index (κ1) is 18.9. The van der Waals surface area contributed by atoms with Crippen molar-refractivity contribution in [3.8, 4) is 11.1 Å². The van der Waals surface area contributed by atoms with Crippen molar-refractivity contribution in [2.24, 2.45) is 17.0 Å². The molecule has 32 heavy (non-hydrogen) atoms. The third kappa shape index (κ3) is 3.19. The van der Waals surface area contributed by atoms with E-state index in [4.69, 9.17) is 0 Å². The Labute approximate surface area is 183 Å². The number of likely N-dealkylation sites (tertiary alicyclic amines) is 1. The molecule has 1 aromatic carbocycles. The van der Waals surface area contributed by atoms with Gasteiger partial charge in [-0.25, -0.2) is 9.38 Å². The molecule has 1 saturated heterocycles. The van der Waals surface area contributed by atoms with Crippen LogP contribution in [0.15, 0.2) is 53.0 Å². The molecule has 0 aliphatic carbocycles. The van der Waals surface area contributed by atoms with Gasteiger partial charge >= 0.3 is 0 Å². The normalized spacial score (nSPS) is 20.9. The predicted molar refractivity (Wildman–Crippen MR) is 119 cm³/mol. The van der Waals surface area contributed by atoms with Gasteiger partial charge in [0.25, 0.3) is 0 Å². The topological polar surface area (TPSA) is 92.3 Å². The summed E-state index contributed by atoms with van der Waals surface area (Å²) in [6.45, 7) is 1.81. The summed E-state index contributed by atoms with van der Waals surface area (Å²) in [5, 5.41) is 16.9. The van der Waals surface area contributed by atoms with Gasteiger partial charge in [-0.15, -0.1) is 0 Å². The molecule has 0 bridgehead atoms. The number of rotatable bonds is 3. The van der Waals surface area contributed by atoms with E-state index in [1.165, 1.54) is 6.07 Å². The van der Waals surface area contributed by atoms with E-state index in [9.17, 15) is 4.39 Å². The van der Waals surface area contributed by atoms with Gasteiger partial charge in [-0.05, 0) is 18.6 Å². The van der Waals surface area contributed by atoms with Crippen molar-refractivity contribution in [2.45, 2.75) is 24.9 Å². The highest BCUT2D eigenvalue weighted by molar-refractivity contribution is 5.93. The number of hydrogen-bond donors (Lipinski definition) is 1. The number of hydrogen-bond acceptors (Lipinski definition) is 6. The fourth-order valence-electron chi connectivity index (χ4n) is 4.62. The van der Waals surface area contributed by atoms with E-state index < -0.39 is 0 Å². The number of nitrogens with one attached hydrogen (secondary N) is 1. The third-order valence-corrected chi connectivity index (χ3v) is 6.28. The Balaban J connectivity index is 1.27. The van der Waals surface area contributed by atoms with Gasteiger partial charge in [0, 0.05) is 67.7 Å². The highest BCUT2D eigenvalue weighted by atomic mass is 19.1. The lowest BCUT2D eigenvalue weighted by Crippen LogP contribution is -2.32. The second-order valence-corrected chi connectivity index (χ2v) is 8.29. The van der Waals surface area contributed by atoms with E-state index in [1.807, 2.05) is 36.3 Å². The molecule has 3 aromatic heterocycles. The SMILES string of the molecule is Cn1cc(-c2cc3c(C4CC(N5CCC(n6cccn6)C5)=NC=N4)[nH]nc3cc2F)cn1. The number of amidine groups is 1. The maximum absolute atomic E-state index is 14.7. The van der Waals surface area contributed by atoms with Gasteiger partial charge in [-0.1, -0.05) is 0 Å². The van der Waals surface area contributed by atoms with E-state index in [0.29, 0.717) is 23.5 Å². The van der Waals surface area contributed by atoms with Crippen LogP contribution in [-0.4, -0.2) is 59.9 Å². The van der Waals surface area contributed by atoms with Gasteiger partial charge in [0.05, 0.1) is 23.4 Å². The van der Waals surface area contributed by atoms with Gasteiger partial charge in [0.2, 0.25) is 0 Å². The van der Waals surface area contributed by atoms with Crippen LogP contribution in [0.4, 0.5) is 4.39 Å². The maximum atomic E-state index is 14.7. The van der Waals surface area contributed by atoms with E-state index in [2.05, 4.69) is 35.3 Å². The fraction of sp³-hybridized carbons (Fsp3) is 0.318. The standard InChI is InChI=1S/C22H22FN9/c1-30-11-14(10-27-30)16-7-17-19(8-18(16)23)28-29-22(17)20-9-21(25-13-24-20)31-6-3-15(12-31)32-5-2-4-26-32/h2,4-5,7-8,10-11,13,15,20H,3,6,9,12H2,1H3,(H,28,29). The van der Waals surface area contributed by atoms with Crippen LogP contribution in [0.5, 0.6) is 0 Å². The molecule has 0 radical (unpaired) electrons. The van der Waals surface area contributed by atoms with Crippen LogP contribution >= 0.6 is 0 Å².